The van der Waals surface area contributed by atoms with E-state index in [0.29, 0.717) is 41.4 Å². The van der Waals surface area contributed by atoms with Gasteiger partial charge in [-0.1, -0.05) is 29.8 Å². The summed E-state index contributed by atoms with van der Waals surface area (Å²) >= 11 is 5.97. The molecule has 1 heterocycles. The van der Waals surface area contributed by atoms with Gasteiger partial charge in [0.2, 0.25) is 15.9 Å². The number of carbonyl (C=O) groups excluding carboxylic acids is 1. The molecule has 0 radical (unpaired) electrons. The number of anilines is 1. The molecule has 0 aromatic heterocycles. The Kier molecular flexibility index (Phi) is 7.39. The highest BCUT2D eigenvalue weighted by Gasteiger charge is 2.32. The van der Waals surface area contributed by atoms with Gasteiger partial charge in [0.25, 0.3) is 0 Å². The largest absolute Gasteiger partial charge is 0.491 e. The summed E-state index contributed by atoms with van der Waals surface area (Å²) in [5.41, 5.74) is 1.27. The van der Waals surface area contributed by atoms with Gasteiger partial charge >= 0.3 is 0 Å². The molecule has 8 heteroatoms. The van der Waals surface area contributed by atoms with E-state index in [1.807, 2.05) is 26.0 Å². The third-order valence-electron chi connectivity index (χ3n) is 4.86. The number of ether oxygens (including phenoxy) is 1. The van der Waals surface area contributed by atoms with Crippen LogP contribution in [0.2, 0.25) is 5.02 Å². The van der Waals surface area contributed by atoms with Gasteiger partial charge in [0.1, 0.15) is 5.75 Å². The van der Waals surface area contributed by atoms with Crippen molar-refractivity contribution in [2.75, 3.05) is 18.4 Å². The number of hydrogen-bond acceptors (Lipinski definition) is 4. The van der Waals surface area contributed by atoms with Gasteiger partial charge in [-0.25, -0.2) is 12.7 Å². The van der Waals surface area contributed by atoms with Crippen LogP contribution in [0.5, 0.6) is 5.75 Å². The molecule has 0 unspecified atom stereocenters. The summed E-state index contributed by atoms with van der Waals surface area (Å²) in [5, 5.41) is 3.40. The van der Waals surface area contributed by atoms with Gasteiger partial charge < -0.3 is 10.1 Å². The Morgan fingerprint density at radius 2 is 2.00 bits per heavy atom. The Hall–Kier alpha value is -2.09. The number of hydrogen-bond donors (Lipinski definition) is 1. The second-order valence-electron chi connectivity index (χ2n) is 7.77. The number of nitrogens with one attached hydrogen (secondary N) is 1. The average Bonchev–Trinajstić information content (AvgIpc) is 2.67. The lowest BCUT2D eigenvalue weighted by Crippen LogP contribution is -2.44. The molecule has 1 amide bonds. The van der Waals surface area contributed by atoms with E-state index in [4.69, 9.17) is 16.3 Å². The lowest BCUT2D eigenvalue weighted by atomic mass is 9.98. The third-order valence-corrected chi connectivity index (χ3v) is 6.91. The van der Waals surface area contributed by atoms with Crippen molar-refractivity contribution in [1.29, 1.82) is 0 Å². The molecule has 30 heavy (non-hydrogen) atoms. The van der Waals surface area contributed by atoms with Crippen molar-refractivity contribution in [2.45, 2.75) is 38.5 Å². The Morgan fingerprint density at radius 3 is 2.73 bits per heavy atom. The van der Waals surface area contributed by atoms with E-state index in [1.54, 1.807) is 36.4 Å². The summed E-state index contributed by atoms with van der Waals surface area (Å²) in [6.07, 6.45) is 1.33. The topological polar surface area (TPSA) is 75.7 Å². The molecule has 1 atom stereocenters. The van der Waals surface area contributed by atoms with Crippen molar-refractivity contribution in [3.8, 4) is 5.75 Å². The van der Waals surface area contributed by atoms with Crippen LogP contribution in [0.1, 0.15) is 32.3 Å². The second-order valence-corrected chi connectivity index (χ2v) is 10.2. The maximum Gasteiger partial charge on any atom is 0.228 e. The Bertz CT molecular complexity index is 994. The summed E-state index contributed by atoms with van der Waals surface area (Å²) in [5.74, 6) is -0.0321. The van der Waals surface area contributed by atoms with Crippen LogP contribution in [0.4, 0.5) is 5.69 Å². The van der Waals surface area contributed by atoms with E-state index >= 15 is 0 Å². The van der Waals surface area contributed by atoms with E-state index in [2.05, 4.69) is 5.32 Å². The molecular weight excluding hydrogens is 424 g/mol. The fourth-order valence-corrected chi connectivity index (χ4v) is 5.31. The van der Waals surface area contributed by atoms with Crippen LogP contribution in [0, 0.1) is 5.92 Å². The molecule has 6 nitrogen and oxygen atoms in total. The molecule has 2 aromatic carbocycles. The summed E-state index contributed by atoms with van der Waals surface area (Å²) < 4.78 is 32.8. The normalized spacial score (nSPS) is 17.7. The number of nitrogens with zero attached hydrogens (tertiary/aromatic N) is 1. The molecule has 0 bridgehead atoms. The molecule has 162 valence electrons. The summed E-state index contributed by atoms with van der Waals surface area (Å²) in [6, 6.07) is 14.0. The van der Waals surface area contributed by atoms with E-state index in [1.165, 1.54) is 4.31 Å². The summed E-state index contributed by atoms with van der Waals surface area (Å²) in [6.45, 7) is 4.47. The minimum atomic E-state index is -3.54. The van der Waals surface area contributed by atoms with Crippen LogP contribution in [-0.2, 0) is 20.6 Å². The second kappa shape index (κ2) is 9.81. The van der Waals surface area contributed by atoms with Gasteiger partial charge in [-0.3, -0.25) is 4.79 Å². The van der Waals surface area contributed by atoms with Crippen molar-refractivity contribution in [1.82, 2.24) is 4.31 Å². The lowest BCUT2D eigenvalue weighted by Gasteiger charge is -2.31. The van der Waals surface area contributed by atoms with Gasteiger partial charge in [-0.2, -0.15) is 0 Å². The molecule has 1 saturated heterocycles. The Morgan fingerprint density at radius 1 is 1.23 bits per heavy atom. The predicted molar refractivity (Wildman–Crippen MR) is 119 cm³/mol. The summed E-state index contributed by atoms with van der Waals surface area (Å²) in [7, 11) is -3.54. The van der Waals surface area contributed by atoms with E-state index in [0.717, 1.165) is 0 Å². The molecule has 1 aliphatic rings. The van der Waals surface area contributed by atoms with E-state index < -0.39 is 15.9 Å². The minimum Gasteiger partial charge on any atom is -0.491 e. The lowest BCUT2D eigenvalue weighted by molar-refractivity contribution is -0.120. The molecule has 0 saturated carbocycles. The summed E-state index contributed by atoms with van der Waals surface area (Å²) in [4.78, 5) is 12.8. The SMILES string of the molecule is CC(C)Oc1cccc(NC(=O)[C@H]2CCCN(S(=O)(=O)Cc3cccc(Cl)c3)C2)c1. The zero-order valence-corrected chi connectivity index (χ0v) is 18.7. The van der Waals surface area contributed by atoms with Crippen LogP contribution in [0.25, 0.3) is 0 Å². The van der Waals surface area contributed by atoms with Gasteiger partial charge in [0.15, 0.2) is 0 Å². The fraction of sp³-hybridized carbons (Fsp3) is 0.409. The third kappa shape index (κ3) is 6.20. The van der Waals surface area contributed by atoms with Crippen molar-refractivity contribution < 1.29 is 17.9 Å². The van der Waals surface area contributed by atoms with Crippen LogP contribution in [0.15, 0.2) is 48.5 Å². The number of halogens is 1. The Balaban J connectivity index is 1.64. The van der Waals surface area contributed by atoms with Crippen molar-refractivity contribution in [2.24, 2.45) is 5.92 Å². The van der Waals surface area contributed by atoms with Gasteiger partial charge in [0.05, 0.1) is 17.8 Å². The van der Waals surface area contributed by atoms with Crippen LogP contribution in [0.3, 0.4) is 0 Å². The first-order chi connectivity index (χ1) is 14.2. The molecule has 1 aliphatic heterocycles. The van der Waals surface area contributed by atoms with Gasteiger partial charge in [-0.05, 0) is 56.5 Å². The fourth-order valence-electron chi connectivity index (χ4n) is 3.50. The smallest absolute Gasteiger partial charge is 0.228 e. The number of carbonyl (C=O) groups is 1. The van der Waals surface area contributed by atoms with Crippen LogP contribution < -0.4 is 10.1 Å². The Labute approximate surface area is 183 Å². The van der Waals surface area contributed by atoms with Crippen molar-refractivity contribution in [3.05, 3.63) is 59.1 Å². The van der Waals surface area contributed by atoms with Gasteiger partial charge in [0, 0.05) is 29.9 Å². The quantitative estimate of drug-likeness (QED) is 0.682. The minimum absolute atomic E-state index is 0.0348. The first kappa shape index (κ1) is 22.6. The molecular formula is C22H27ClN2O4S. The standard InChI is InChI=1S/C22H27ClN2O4S/c1-16(2)29-21-10-4-9-20(13-21)24-22(26)18-7-5-11-25(14-18)30(27,28)15-17-6-3-8-19(23)12-17/h3-4,6,8-10,12-13,16,18H,5,7,11,14-15H2,1-2H3,(H,24,26)/t18-/m0/s1. The zero-order valence-electron chi connectivity index (χ0n) is 17.2. The number of benzene rings is 2. The molecule has 2 aromatic rings. The highest BCUT2D eigenvalue weighted by molar-refractivity contribution is 7.88. The van der Waals surface area contributed by atoms with Crippen molar-refractivity contribution in [3.63, 3.8) is 0 Å². The molecule has 3 rings (SSSR count). The highest BCUT2D eigenvalue weighted by Crippen LogP contribution is 2.25. The number of rotatable bonds is 7. The predicted octanol–water partition coefficient (Wildman–Crippen LogP) is 4.31. The average molecular weight is 451 g/mol. The van der Waals surface area contributed by atoms with Crippen molar-refractivity contribution >= 4 is 33.2 Å². The maximum absolute atomic E-state index is 12.9. The molecule has 0 aliphatic carbocycles. The highest BCUT2D eigenvalue weighted by atomic mass is 35.5. The number of sulfonamides is 1. The zero-order chi connectivity index (χ0) is 21.7. The molecule has 0 spiro atoms. The van der Waals surface area contributed by atoms with Gasteiger partial charge in [-0.15, -0.1) is 0 Å². The monoisotopic (exact) mass is 450 g/mol. The molecule has 1 N–H and O–H groups in total. The number of amides is 1. The van der Waals surface area contributed by atoms with Crippen LogP contribution >= 0.6 is 11.6 Å². The van der Waals surface area contributed by atoms with E-state index in [-0.39, 0.29) is 24.3 Å². The molecule has 1 fully saturated rings. The first-order valence-corrected chi connectivity index (χ1v) is 12.0. The van der Waals surface area contributed by atoms with E-state index in [9.17, 15) is 13.2 Å². The first-order valence-electron chi connectivity index (χ1n) is 10.0. The number of piperidine rings is 1. The maximum atomic E-state index is 12.9. The van der Waals surface area contributed by atoms with Crippen LogP contribution in [-0.4, -0.2) is 37.8 Å².